The molecule has 3 N–H and O–H groups in total. The Morgan fingerprint density at radius 2 is 2.00 bits per heavy atom. The zero-order chi connectivity index (χ0) is 13.2. The molecule has 0 saturated carbocycles. The second-order valence-corrected chi connectivity index (χ2v) is 5.34. The summed E-state index contributed by atoms with van der Waals surface area (Å²) >= 11 is 11.7. The summed E-state index contributed by atoms with van der Waals surface area (Å²) in [5.41, 5.74) is 6.11. The molecule has 94 valence electrons. The molecule has 0 heterocycles. The second-order valence-electron chi connectivity index (χ2n) is 4.55. The highest BCUT2D eigenvalue weighted by Gasteiger charge is 2.19. The van der Waals surface area contributed by atoms with Crippen LogP contribution in [0.2, 0.25) is 10.0 Å². The number of nitrogens with two attached hydrogens (primary N) is 1. The molecular formula is C12H16Cl2N2O. The molecule has 1 amide bonds. The van der Waals surface area contributed by atoms with Crippen LogP contribution in [0.15, 0.2) is 12.1 Å². The van der Waals surface area contributed by atoms with E-state index in [-0.39, 0.29) is 21.5 Å². The first kappa shape index (κ1) is 14.1. The molecule has 1 rings (SSSR count). The van der Waals surface area contributed by atoms with Crippen LogP contribution in [-0.2, 0) is 0 Å². The summed E-state index contributed by atoms with van der Waals surface area (Å²) in [5.74, 6) is -0.206. The number of hydrogen-bond donors (Lipinski definition) is 2. The molecule has 0 saturated heterocycles. The van der Waals surface area contributed by atoms with Crippen LogP contribution in [0.5, 0.6) is 0 Å². The molecule has 17 heavy (non-hydrogen) atoms. The molecule has 0 fully saturated rings. The topological polar surface area (TPSA) is 55.1 Å². The highest BCUT2D eigenvalue weighted by molar-refractivity contribution is 6.43. The molecule has 0 atom stereocenters. The van der Waals surface area contributed by atoms with Crippen LogP contribution < -0.4 is 11.1 Å². The Morgan fingerprint density at radius 3 is 2.47 bits per heavy atom. The van der Waals surface area contributed by atoms with Gasteiger partial charge in [-0.3, -0.25) is 4.79 Å². The molecule has 0 radical (unpaired) electrons. The van der Waals surface area contributed by atoms with E-state index in [0.717, 1.165) is 6.42 Å². The van der Waals surface area contributed by atoms with Crippen molar-refractivity contribution in [2.24, 2.45) is 0 Å². The maximum Gasteiger partial charge on any atom is 0.251 e. The normalized spacial score (nSPS) is 11.4. The van der Waals surface area contributed by atoms with Gasteiger partial charge in [-0.1, -0.05) is 30.1 Å². The van der Waals surface area contributed by atoms with Gasteiger partial charge in [0, 0.05) is 11.1 Å². The van der Waals surface area contributed by atoms with Crippen molar-refractivity contribution in [1.29, 1.82) is 0 Å². The van der Waals surface area contributed by atoms with E-state index in [1.807, 2.05) is 20.8 Å². The minimum atomic E-state index is -0.266. The number of anilines is 1. The molecule has 0 aliphatic rings. The van der Waals surface area contributed by atoms with Crippen molar-refractivity contribution in [2.45, 2.75) is 32.7 Å². The van der Waals surface area contributed by atoms with Crippen molar-refractivity contribution in [1.82, 2.24) is 5.32 Å². The standard InChI is InChI=1S/C12H16Cl2N2O/c1-4-12(2,3)16-11(17)7-5-8(13)10(14)9(15)6-7/h5-6H,4,15H2,1-3H3,(H,16,17). The van der Waals surface area contributed by atoms with Crippen LogP contribution in [0.25, 0.3) is 0 Å². The van der Waals surface area contributed by atoms with E-state index in [9.17, 15) is 4.79 Å². The van der Waals surface area contributed by atoms with E-state index in [4.69, 9.17) is 28.9 Å². The monoisotopic (exact) mass is 274 g/mol. The smallest absolute Gasteiger partial charge is 0.251 e. The Morgan fingerprint density at radius 1 is 1.41 bits per heavy atom. The Bertz CT molecular complexity index is 421. The van der Waals surface area contributed by atoms with Crippen LogP contribution in [0.1, 0.15) is 37.6 Å². The molecule has 5 heteroatoms. The molecule has 0 unspecified atom stereocenters. The van der Waals surface area contributed by atoms with Crippen LogP contribution >= 0.6 is 23.2 Å². The van der Waals surface area contributed by atoms with Gasteiger partial charge in [0.25, 0.3) is 5.91 Å². The van der Waals surface area contributed by atoms with Crippen LogP contribution in [0.4, 0.5) is 5.69 Å². The predicted octanol–water partition coefficient (Wildman–Crippen LogP) is 3.49. The summed E-state index contributed by atoms with van der Waals surface area (Å²) < 4.78 is 0. The third-order valence-corrected chi connectivity index (χ3v) is 3.47. The van der Waals surface area contributed by atoms with Gasteiger partial charge in [0.15, 0.2) is 0 Å². The maximum absolute atomic E-state index is 12.0. The average Bonchev–Trinajstić information content (AvgIpc) is 2.24. The molecule has 1 aromatic rings. The Balaban J connectivity index is 2.98. The fourth-order valence-corrected chi connectivity index (χ4v) is 1.55. The molecular weight excluding hydrogens is 259 g/mol. The molecule has 0 aromatic heterocycles. The fourth-order valence-electron chi connectivity index (χ4n) is 1.21. The first-order chi connectivity index (χ1) is 7.76. The number of carbonyl (C=O) groups excluding carboxylic acids is 1. The first-order valence-electron chi connectivity index (χ1n) is 5.34. The number of nitrogens with one attached hydrogen (secondary N) is 1. The molecule has 0 aliphatic heterocycles. The summed E-state index contributed by atoms with van der Waals surface area (Å²) in [6, 6.07) is 3.04. The van der Waals surface area contributed by atoms with E-state index in [0.29, 0.717) is 11.3 Å². The molecule has 3 nitrogen and oxygen atoms in total. The van der Waals surface area contributed by atoms with Gasteiger partial charge in [0.2, 0.25) is 0 Å². The lowest BCUT2D eigenvalue weighted by atomic mass is 10.0. The van der Waals surface area contributed by atoms with Gasteiger partial charge < -0.3 is 11.1 Å². The Hall–Kier alpha value is -0.930. The van der Waals surface area contributed by atoms with Crippen molar-refractivity contribution in [3.63, 3.8) is 0 Å². The van der Waals surface area contributed by atoms with Crippen LogP contribution in [0, 0.1) is 0 Å². The Kier molecular flexibility index (Phi) is 4.28. The number of hydrogen-bond acceptors (Lipinski definition) is 2. The lowest BCUT2D eigenvalue weighted by molar-refractivity contribution is 0.0911. The van der Waals surface area contributed by atoms with Gasteiger partial charge in [0.1, 0.15) is 0 Å². The second kappa shape index (κ2) is 5.15. The average molecular weight is 275 g/mol. The SMILES string of the molecule is CCC(C)(C)NC(=O)c1cc(N)c(Cl)c(Cl)c1. The van der Waals surface area contributed by atoms with E-state index < -0.39 is 0 Å². The van der Waals surface area contributed by atoms with Gasteiger partial charge in [-0.2, -0.15) is 0 Å². The summed E-state index contributed by atoms with van der Waals surface area (Å²) in [6.45, 7) is 5.90. The predicted molar refractivity (Wildman–Crippen MR) is 72.7 cm³/mol. The molecule has 0 bridgehead atoms. The highest BCUT2D eigenvalue weighted by Crippen LogP contribution is 2.29. The van der Waals surface area contributed by atoms with Crippen molar-refractivity contribution in [3.05, 3.63) is 27.7 Å². The number of halogens is 2. The van der Waals surface area contributed by atoms with Crippen molar-refractivity contribution < 1.29 is 4.79 Å². The first-order valence-corrected chi connectivity index (χ1v) is 6.09. The fraction of sp³-hybridized carbons (Fsp3) is 0.417. The third-order valence-electron chi connectivity index (χ3n) is 2.65. The molecule has 0 spiro atoms. The van der Waals surface area contributed by atoms with Crippen LogP contribution in [0.3, 0.4) is 0 Å². The number of benzene rings is 1. The number of amides is 1. The Labute approximate surface area is 111 Å². The van der Waals surface area contributed by atoms with Crippen molar-refractivity contribution in [2.75, 3.05) is 5.73 Å². The van der Waals surface area contributed by atoms with Gasteiger partial charge in [-0.25, -0.2) is 0 Å². The molecule has 1 aromatic carbocycles. The lowest BCUT2D eigenvalue weighted by Crippen LogP contribution is -2.42. The van der Waals surface area contributed by atoms with Gasteiger partial charge in [0.05, 0.1) is 15.7 Å². The summed E-state index contributed by atoms with van der Waals surface area (Å²) in [7, 11) is 0. The maximum atomic E-state index is 12.0. The highest BCUT2D eigenvalue weighted by atomic mass is 35.5. The zero-order valence-electron chi connectivity index (χ0n) is 10.1. The lowest BCUT2D eigenvalue weighted by Gasteiger charge is -2.24. The number of rotatable bonds is 3. The third kappa shape index (κ3) is 3.51. The van der Waals surface area contributed by atoms with Gasteiger partial charge >= 0.3 is 0 Å². The van der Waals surface area contributed by atoms with Crippen molar-refractivity contribution in [3.8, 4) is 0 Å². The minimum Gasteiger partial charge on any atom is -0.397 e. The van der Waals surface area contributed by atoms with Crippen molar-refractivity contribution >= 4 is 34.8 Å². The summed E-state index contributed by atoms with van der Waals surface area (Å²) in [5, 5.41) is 3.46. The zero-order valence-corrected chi connectivity index (χ0v) is 11.6. The van der Waals surface area contributed by atoms with E-state index >= 15 is 0 Å². The van der Waals surface area contributed by atoms with Gasteiger partial charge in [-0.15, -0.1) is 0 Å². The van der Waals surface area contributed by atoms with Crippen LogP contribution in [-0.4, -0.2) is 11.4 Å². The quantitative estimate of drug-likeness (QED) is 0.829. The van der Waals surface area contributed by atoms with E-state index in [1.54, 1.807) is 0 Å². The summed E-state index contributed by atoms with van der Waals surface area (Å²) in [6.07, 6.45) is 0.829. The number of carbonyl (C=O) groups is 1. The minimum absolute atomic E-state index is 0.206. The summed E-state index contributed by atoms with van der Waals surface area (Å²) in [4.78, 5) is 12.0. The van der Waals surface area contributed by atoms with E-state index in [2.05, 4.69) is 5.32 Å². The van der Waals surface area contributed by atoms with Gasteiger partial charge in [-0.05, 0) is 32.4 Å². The largest absolute Gasteiger partial charge is 0.397 e. The number of nitrogen functional groups attached to an aromatic ring is 1. The van der Waals surface area contributed by atoms with E-state index in [1.165, 1.54) is 12.1 Å². The molecule has 0 aliphatic carbocycles.